The third-order valence-corrected chi connectivity index (χ3v) is 4.50. The summed E-state index contributed by atoms with van der Waals surface area (Å²) in [6, 6.07) is 7.09. The van der Waals surface area contributed by atoms with Crippen LogP contribution in [0.2, 0.25) is 5.02 Å². The van der Waals surface area contributed by atoms with Gasteiger partial charge in [0.2, 0.25) is 5.91 Å². The zero-order valence-electron chi connectivity index (χ0n) is 13.6. The molecule has 0 radical (unpaired) electrons. The summed E-state index contributed by atoms with van der Waals surface area (Å²) >= 11 is 5.83. The molecule has 1 aliphatic heterocycles. The van der Waals surface area contributed by atoms with Crippen molar-refractivity contribution in [3.8, 4) is 0 Å². The first-order chi connectivity index (χ1) is 11.0. The average molecular weight is 338 g/mol. The number of halogens is 1. The normalized spacial score (nSPS) is 16.7. The largest absolute Gasteiger partial charge is 0.353 e. The van der Waals surface area contributed by atoms with Crippen molar-refractivity contribution in [2.24, 2.45) is 5.92 Å². The minimum atomic E-state index is -0.131. The molecule has 1 fully saturated rings. The zero-order chi connectivity index (χ0) is 16.8. The van der Waals surface area contributed by atoms with Gasteiger partial charge in [0.25, 0.3) is 0 Å². The number of hydrogen-bond acceptors (Lipinski definition) is 2. The molecule has 1 saturated heterocycles. The van der Waals surface area contributed by atoms with Crippen LogP contribution >= 0.6 is 11.6 Å². The highest BCUT2D eigenvalue weighted by molar-refractivity contribution is 6.30. The molecule has 5 nitrogen and oxygen atoms in total. The van der Waals surface area contributed by atoms with Crippen LogP contribution in [0.15, 0.2) is 24.3 Å². The van der Waals surface area contributed by atoms with Gasteiger partial charge in [-0.25, -0.2) is 4.79 Å². The van der Waals surface area contributed by atoms with Gasteiger partial charge in [-0.2, -0.15) is 0 Å². The van der Waals surface area contributed by atoms with Crippen molar-refractivity contribution < 1.29 is 9.59 Å². The molecule has 0 bridgehead atoms. The van der Waals surface area contributed by atoms with E-state index in [0.29, 0.717) is 31.0 Å². The highest BCUT2D eigenvalue weighted by atomic mass is 35.5. The number of rotatable bonds is 4. The number of piperidine rings is 1. The van der Waals surface area contributed by atoms with E-state index in [1.807, 2.05) is 6.92 Å². The highest BCUT2D eigenvalue weighted by Gasteiger charge is 2.27. The van der Waals surface area contributed by atoms with Crippen molar-refractivity contribution in [1.29, 1.82) is 0 Å². The van der Waals surface area contributed by atoms with Gasteiger partial charge in [0, 0.05) is 35.8 Å². The molecule has 2 rings (SSSR count). The Bertz CT molecular complexity index is 539. The number of amides is 3. The molecule has 1 aromatic carbocycles. The van der Waals surface area contributed by atoms with Crippen LogP contribution < -0.4 is 10.6 Å². The topological polar surface area (TPSA) is 61.4 Å². The molecule has 23 heavy (non-hydrogen) atoms. The zero-order valence-corrected chi connectivity index (χ0v) is 14.4. The first-order valence-electron chi connectivity index (χ1n) is 8.11. The third kappa shape index (κ3) is 5.13. The first kappa shape index (κ1) is 17.6. The Morgan fingerprint density at radius 1 is 1.26 bits per heavy atom. The number of nitrogens with one attached hydrogen (secondary N) is 2. The molecule has 1 heterocycles. The van der Waals surface area contributed by atoms with E-state index in [1.165, 1.54) is 0 Å². The Labute approximate surface area is 142 Å². The molecular weight excluding hydrogens is 314 g/mol. The predicted octanol–water partition coefficient (Wildman–Crippen LogP) is 3.50. The fourth-order valence-electron chi connectivity index (χ4n) is 2.54. The molecule has 1 aliphatic rings. The first-order valence-corrected chi connectivity index (χ1v) is 8.49. The van der Waals surface area contributed by atoms with E-state index in [1.54, 1.807) is 29.2 Å². The van der Waals surface area contributed by atoms with Crippen LogP contribution in [0.25, 0.3) is 0 Å². The number of anilines is 1. The fraction of sp³-hybridized carbons (Fsp3) is 0.529. The molecule has 6 heteroatoms. The molecule has 1 aromatic rings. The highest BCUT2D eigenvalue weighted by Crippen LogP contribution is 2.19. The van der Waals surface area contributed by atoms with Gasteiger partial charge in [0.1, 0.15) is 0 Å². The van der Waals surface area contributed by atoms with E-state index < -0.39 is 0 Å². The standard InChI is InChI=1S/C17H24ClN3O2/c1-3-12(2)19-16(22)13-8-10-21(11-9-13)17(23)20-15-6-4-14(18)5-7-15/h4-7,12-13H,3,8-11H2,1-2H3,(H,19,22)(H,20,23)/t12-/m1/s1. The summed E-state index contributed by atoms with van der Waals surface area (Å²) in [5, 5.41) is 6.51. The van der Waals surface area contributed by atoms with Crippen LogP contribution in [-0.2, 0) is 4.79 Å². The molecule has 126 valence electrons. The van der Waals surface area contributed by atoms with Gasteiger partial charge in [-0.3, -0.25) is 4.79 Å². The number of urea groups is 1. The van der Waals surface area contributed by atoms with Crippen LogP contribution in [0.1, 0.15) is 33.1 Å². The van der Waals surface area contributed by atoms with E-state index in [9.17, 15) is 9.59 Å². The van der Waals surface area contributed by atoms with Gasteiger partial charge in [-0.05, 0) is 50.5 Å². The minimum Gasteiger partial charge on any atom is -0.353 e. The maximum Gasteiger partial charge on any atom is 0.321 e. The molecular formula is C17H24ClN3O2. The molecule has 0 aromatic heterocycles. The Hall–Kier alpha value is -1.75. The summed E-state index contributed by atoms with van der Waals surface area (Å²) in [4.78, 5) is 26.1. The number of likely N-dealkylation sites (tertiary alicyclic amines) is 1. The van der Waals surface area contributed by atoms with Crippen molar-refractivity contribution in [2.45, 2.75) is 39.2 Å². The van der Waals surface area contributed by atoms with Gasteiger partial charge in [-0.15, -0.1) is 0 Å². The average Bonchev–Trinajstić information content (AvgIpc) is 2.56. The van der Waals surface area contributed by atoms with E-state index >= 15 is 0 Å². The van der Waals surface area contributed by atoms with Gasteiger partial charge >= 0.3 is 6.03 Å². The van der Waals surface area contributed by atoms with E-state index in [2.05, 4.69) is 17.6 Å². The van der Waals surface area contributed by atoms with Crippen LogP contribution in [0.3, 0.4) is 0 Å². The van der Waals surface area contributed by atoms with Crippen molar-refractivity contribution in [1.82, 2.24) is 10.2 Å². The molecule has 0 unspecified atom stereocenters. The van der Waals surface area contributed by atoms with Crippen molar-refractivity contribution in [3.05, 3.63) is 29.3 Å². The number of nitrogens with zero attached hydrogens (tertiary/aromatic N) is 1. The lowest BCUT2D eigenvalue weighted by molar-refractivity contribution is -0.126. The maximum absolute atomic E-state index is 12.2. The van der Waals surface area contributed by atoms with Crippen LogP contribution in [0.5, 0.6) is 0 Å². The Morgan fingerprint density at radius 2 is 1.87 bits per heavy atom. The second-order valence-electron chi connectivity index (χ2n) is 6.02. The summed E-state index contributed by atoms with van der Waals surface area (Å²) in [5.41, 5.74) is 0.719. The van der Waals surface area contributed by atoms with E-state index in [4.69, 9.17) is 11.6 Å². The number of hydrogen-bond donors (Lipinski definition) is 2. The summed E-state index contributed by atoms with van der Waals surface area (Å²) in [6.07, 6.45) is 2.33. The summed E-state index contributed by atoms with van der Waals surface area (Å²) < 4.78 is 0. The number of carbonyl (C=O) groups excluding carboxylic acids is 2. The third-order valence-electron chi connectivity index (χ3n) is 4.25. The summed E-state index contributed by atoms with van der Waals surface area (Å²) in [6.45, 7) is 5.25. The Kier molecular flexibility index (Phi) is 6.28. The second kappa shape index (κ2) is 8.20. The minimum absolute atomic E-state index is 0.00332. The predicted molar refractivity (Wildman–Crippen MR) is 92.7 cm³/mol. The van der Waals surface area contributed by atoms with Crippen molar-refractivity contribution >= 4 is 29.2 Å². The Balaban J connectivity index is 1.80. The maximum atomic E-state index is 12.2. The number of benzene rings is 1. The lowest BCUT2D eigenvalue weighted by Crippen LogP contribution is -2.45. The second-order valence-corrected chi connectivity index (χ2v) is 6.45. The van der Waals surface area contributed by atoms with Crippen LogP contribution in [-0.4, -0.2) is 36.0 Å². The van der Waals surface area contributed by atoms with Gasteiger partial charge in [0.05, 0.1) is 0 Å². The quantitative estimate of drug-likeness (QED) is 0.883. The van der Waals surface area contributed by atoms with Gasteiger partial charge in [-0.1, -0.05) is 18.5 Å². The molecule has 0 saturated carbocycles. The van der Waals surface area contributed by atoms with Crippen LogP contribution in [0, 0.1) is 5.92 Å². The monoisotopic (exact) mass is 337 g/mol. The smallest absolute Gasteiger partial charge is 0.321 e. The van der Waals surface area contributed by atoms with Crippen molar-refractivity contribution in [3.63, 3.8) is 0 Å². The van der Waals surface area contributed by atoms with Gasteiger partial charge < -0.3 is 15.5 Å². The molecule has 2 N–H and O–H groups in total. The lowest BCUT2D eigenvalue weighted by atomic mass is 9.95. The van der Waals surface area contributed by atoms with E-state index in [0.717, 1.165) is 12.1 Å². The SMILES string of the molecule is CC[C@@H](C)NC(=O)C1CCN(C(=O)Nc2ccc(Cl)cc2)CC1. The molecule has 0 aliphatic carbocycles. The summed E-state index contributed by atoms with van der Waals surface area (Å²) in [5.74, 6) is 0.112. The van der Waals surface area contributed by atoms with Gasteiger partial charge in [0.15, 0.2) is 0 Å². The molecule has 0 spiro atoms. The van der Waals surface area contributed by atoms with Crippen LogP contribution in [0.4, 0.5) is 10.5 Å². The molecule has 1 atom stereocenters. The summed E-state index contributed by atoms with van der Waals surface area (Å²) in [7, 11) is 0. The molecule has 3 amide bonds. The lowest BCUT2D eigenvalue weighted by Gasteiger charge is -2.31. The number of carbonyl (C=O) groups is 2. The van der Waals surface area contributed by atoms with Crippen molar-refractivity contribution in [2.75, 3.05) is 18.4 Å². The van der Waals surface area contributed by atoms with E-state index in [-0.39, 0.29) is 23.9 Å². The fourth-order valence-corrected chi connectivity index (χ4v) is 2.67. The Morgan fingerprint density at radius 3 is 2.43 bits per heavy atom.